The van der Waals surface area contributed by atoms with Gasteiger partial charge in [-0.1, -0.05) is 23.2 Å². The van der Waals surface area contributed by atoms with E-state index in [1.54, 1.807) is 12.1 Å². The lowest BCUT2D eigenvalue weighted by molar-refractivity contribution is -0.105. The summed E-state index contributed by atoms with van der Waals surface area (Å²) in [5.41, 5.74) is 0.570. The highest BCUT2D eigenvalue weighted by Gasteiger charge is 2.03. The van der Waals surface area contributed by atoms with E-state index in [2.05, 4.69) is 27.9 Å². The number of anilines is 1. The first kappa shape index (κ1) is 10.1. The summed E-state index contributed by atoms with van der Waals surface area (Å²) in [4.78, 5) is 10.1. The van der Waals surface area contributed by atoms with Gasteiger partial charge in [0.25, 0.3) is 0 Å². The molecule has 1 amide bonds. The van der Waals surface area contributed by atoms with Crippen molar-refractivity contribution >= 4 is 57.9 Å². The van der Waals surface area contributed by atoms with Crippen LogP contribution in [0, 0.1) is 3.57 Å². The fourth-order valence-corrected chi connectivity index (χ4v) is 1.60. The van der Waals surface area contributed by atoms with Crippen molar-refractivity contribution < 1.29 is 4.79 Å². The predicted molar refractivity (Wildman–Crippen MR) is 58.9 cm³/mol. The molecule has 12 heavy (non-hydrogen) atoms. The Morgan fingerprint density at radius 2 is 2.00 bits per heavy atom. The average Bonchev–Trinajstić information content (AvgIpc) is 2.01. The standard InChI is InChI=1S/C7H4Cl2INO/c8-4-1-5(9)7(11-3-12)2-6(4)10/h1-3H,(H,11,12). The maximum Gasteiger partial charge on any atom is 0.211 e. The van der Waals surface area contributed by atoms with E-state index in [-0.39, 0.29) is 0 Å². The van der Waals surface area contributed by atoms with Gasteiger partial charge in [0.05, 0.1) is 15.7 Å². The molecule has 0 heterocycles. The highest BCUT2D eigenvalue weighted by Crippen LogP contribution is 2.29. The zero-order valence-electron chi connectivity index (χ0n) is 5.77. The molecule has 64 valence electrons. The van der Waals surface area contributed by atoms with Crippen LogP contribution < -0.4 is 5.32 Å². The van der Waals surface area contributed by atoms with E-state index in [1.807, 2.05) is 0 Å². The van der Waals surface area contributed by atoms with Gasteiger partial charge in [0.2, 0.25) is 6.41 Å². The molecule has 1 rings (SSSR count). The zero-order chi connectivity index (χ0) is 9.14. The molecule has 0 aliphatic heterocycles. The van der Waals surface area contributed by atoms with Gasteiger partial charge in [-0.3, -0.25) is 4.79 Å². The first-order chi connectivity index (χ1) is 5.65. The molecule has 0 aliphatic carbocycles. The van der Waals surface area contributed by atoms with Crippen LogP contribution in [-0.4, -0.2) is 6.41 Å². The third-order valence-electron chi connectivity index (χ3n) is 1.22. The van der Waals surface area contributed by atoms with E-state index >= 15 is 0 Å². The molecule has 0 atom stereocenters. The Hall–Kier alpha value is -0.000000000000000111. The number of hydrogen-bond acceptors (Lipinski definition) is 1. The Morgan fingerprint density at radius 1 is 1.33 bits per heavy atom. The molecule has 5 heteroatoms. The molecule has 0 unspecified atom stereocenters. The Labute approximate surface area is 93.4 Å². The summed E-state index contributed by atoms with van der Waals surface area (Å²) in [6, 6.07) is 3.30. The Morgan fingerprint density at radius 3 is 2.58 bits per heavy atom. The van der Waals surface area contributed by atoms with Crippen LogP contribution in [0.25, 0.3) is 0 Å². The highest BCUT2D eigenvalue weighted by molar-refractivity contribution is 14.1. The first-order valence-electron chi connectivity index (χ1n) is 3.00. The number of carbonyl (C=O) groups is 1. The molecule has 0 aromatic heterocycles. The molecular formula is C7H4Cl2INO. The van der Waals surface area contributed by atoms with E-state index in [1.165, 1.54) is 0 Å². The van der Waals surface area contributed by atoms with Crippen molar-refractivity contribution in [1.29, 1.82) is 0 Å². The van der Waals surface area contributed by atoms with Gasteiger partial charge in [-0.15, -0.1) is 0 Å². The lowest BCUT2D eigenvalue weighted by Gasteiger charge is -2.03. The minimum Gasteiger partial charge on any atom is -0.327 e. The fourth-order valence-electron chi connectivity index (χ4n) is 0.697. The molecule has 0 radical (unpaired) electrons. The summed E-state index contributed by atoms with van der Waals surface area (Å²) in [6.07, 6.45) is 0.575. The topological polar surface area (TPSA) is 29.1 Å². The molecule has 0 saturated heterocycles. The van der Waals surface area contributed by atoms with Gasteiger partial charge < -0.3 is 5.32 Å². The van der Waals surface area contributed by atoms with Crippen LogP contribution in [0.1, 0.15) is 0 Å². The van der Waals surface area contributed by atoms with Crippen LogP contribution in [0.4, 0.5) is 5.69 Å². The highest BCUT2D eigenvalue weighted by atomic mass is 127. The van der Waals surface area contributed by atoms with Crippen LogP contribution >= 0.6 is 45.8 Å². The van der Waals surface area contributed by atoms with Gasteiger partial charge in [0.1, 0.15) is 0 Å². The second kappa shape index (κ2) is 4.30. The van der Waals surface area contributed by atoms with Gasteiger partial charge in [0.15, 0.2) is 0 Å². The van der Waals surface area contributed by atoms with Gasteiger partial charge in [-0.25, -0.2) is 0 Å². The Bertz CT molecular complexity index is 317. The lowest BCUT2D eigenvalue weighted by Crippen LogP contribution is -1.95. The summed E-state index contributed by atoms with van der Waals surface area (Å²) in [5.74, 6) is 0. The molecule has 1 aromatic rings. The maximum atomic E-state index is 10.1. The van der Waals surface area contributed by atoms with Crippen molar-refractivity contribution in [2.45, 2.75) is 0 Å². The van der Waals surface area contributed by atoms with Crippen molar-refractivity contribution in [3.05, 3.63) is 25.7 Å². The van der Waals surface area contributed by atoms with Crippen molar-refractivity contribution in [1.82, 2.24) is 0 Å². The molecule has 0 spiro atoms. The zero-order valence-corrected chi connectivity index (χ0v) is 9.44. The largest absolute Gasteiger partial charge is 0.327 e. The van der Waals surface area contributed by atoms with Crippen LogP contribution in [-0.2, 0) is 4.79 Å². The summed E-state index contributed by atoms with van der Waals surface area (Å²) < 4.78 is 0.850. The van der Waals surface area contributed by atoms with E-state index in [0.717, 1.165) is 3.57 Å². The van der Waals surface area contributed by atoms with Crippen molar-refractivity contribution in [2.24, 2.45) is 0 Å². The molecule has 2 nitrogen and oxygen atoms in total. The first-order valence-corrected chi connectivity index (χ1v) is 4.83. The van der Waals surface area contributed by atoms with E-state index in [4.69, 9.17) is 23.2 Å². The SMILES string of the molecule is O=CNc1cc(I)c(Cl)cc1Cl. The third kappa shape index (κ3) is 2.24. The summed E-state index contributed by atoms with van der Waals surface area (Å²) in [7, 11) is 0. The molecule has 0 fully saturated rings. The second-order valence-electron chi connectivity index (χ2n) is 2.01. The van der Waals surface area contributed by atoms with Crippen LogP contribution in [0.2, 0.25) is 10.0 Å². The quantitative estimate of drug-likeness (QED) is 0.507. The molecular weight excluding hydrogens is 312 g/mol. The number of amides is 1. The van der Waals surface area contributed by atoms with E-state index in [0.29, 0.717) is 22.1 Å². The van der Waals surface area contributed by atoms with Crippen molar-refractivity contribution in [2.75, 3.05) is 5.32 Å². The minimum absolute atomic E-state index is 0.438. The van der Waals surface area contributed by atoms with E-state index < -0.39 is 0 Å². The fraction of sp³-hybridized carbons (Fsp3) is 0. The average molecular weight is 316 g/mol. The number of carbonyl (C=O) groups excluding carboxylic acids is 1. The van der Waals surface area contributed by atoms with Gasteiger partial charge >= 0.3 is 0 Å². The predicted octanol–water partition coefficient (Wildman–Crippen LogP) is 3.17. The minimum atomic E-state index is 0.438. The van der Waals surface area contributed by atoms with E-state index in [9.17, 15) is 4.79 Å². The van der Waals surface area contributed by atoms with Gasteiger partial charge in [0, 0.05) is 3.57 Å². The monoisotopic (exact) mass is 315 g/mol. The second-order valence-corrected chi connectivity index (χ2v) is 3.98. The Balaban J connectivity index is 3.13. The van der Waals surface area contributed by atoms with Crippen LogP contribution in [0.3, 0.4) is 0 Å². The van der Waals surface area contributed by atoms with Crippen LogP contribution in [0.5, 0.6) is 0 Å². The normalized spacial score (nSPS) is 9.58. The Kier molecular flexibility index (Phi) is 3.61. The number of rotatable bonds is 2. The van der Waals surface area contributed by atoms with Crippen LogP contribution in [0.15, 0.2) is 12.1 Å². The maximum absolute atomic E-state index is 10.1. The van der Waals surface area contributed by atoms with Crippen molar-refractivity contribution in [3.8, 4) is 0 Å². The molecule has 0 saturated carbocycles. The summed E-state index contributed by atoms with van der Waals surface area (Å²) >= 11 is 13.6. The lowest BCUT2D eigenvalue weighted by atomic mass is 10.3. The smallest absolute Gasteiger partial charge is 0.211 e. The number of benzene rings is 1. The molecule has 0 aliphatic rings. The van der Waals surface area contributed by atoms with Gasteiger partial charge in [-0.05, 0) is 34.7 Å². The number of nitrogens with one attached hydrogen (secondary N) is 1. The molecule has 1 N–H and O–H groups in total. The van der Waals surface area contributed by atoms with Gasteiger partial charge in [-0.2, -0.15) is 0 Å². The molecule has 1 aromatic carbocycles. The third-order valence-corrected chi connectivity index (χ3v) is 3.06. The summed E-state index contributed by atoms with van der Waals surface area (Å²) in [6.45, 7) is 0. The summed E-state index contributed by atoms with van der Waals surface area (Å²) in [5, 5.41) is 3.49. The number of hydrogen-bond donors (Lipinski definition) is 1. The molecule has 0 bridgehead atoms. The van der Waals surface area contributed by atoms with Crippen molar-refractivity contribution in [3.63, 3.8) is 0 Å². The number of halogens is 3.